The zero-order valence-electron chi connectivity index (χ0n) is 20.6. The lowest BCUT2D eigenvalue weighted by Crippen LogP contribution is -2.52. The summed E-state index contributed by atoms with van der Waals surface area (Å²) in [4.78, 5) is 57.3. The number of H-pyrrole nitrogens is 1. The van der Waals surface area contributed by atoms with Gasteiger partial charge in [-0.15, -0.1) is 10.2 Å². The molecule has 1 N–H and O–H groups in total. The van der Waals surface area contributed by atoms with Crippen molar-refractivity contribution in [1.29, 1.82) is 0 Å². The molecule has 4 aromatic rings. The van der Waals surface area contributed by atoms with Crippen molar-refractivity contribution in [2.45, 2.75) is 6.92 Å². The number of benzene rings is 2. The van der Waals surface area contributed by atoms with Crippen molar-refractivity contribution >= 4 is 34.4 Å². The van der Waals surface area contributed by atoms with Crippen molar-refractivity contribution in [1.82, 2.24) is 35.1 Å². The molecule has 0 saturated carbocycles. The largest absolute Gasteiger partial charge is 0.360 e. The first-order valence-corrected chi connectivity index (χ1v) is 11.8. The molecule has 0 radical (unpaired) electrons. The van der Waals surface area contributed by atoms with E-state index in [0.29, 0.717) is 11.1 Å². The van der Waals surface area contributed by atoms with E-state index in [1.165, 1.54) is 31.1 Å². The van der Waals surface area contributed by atoms with Crippen molar-refractivity contribution in [2.24, 2.45) is 0 Å². The van der Waals surface area contributed by atoms with Crippen LogP contribution in [0.25, 0.3) is 22.3 Å². The number of hydrogen-bond acceptors (Lipinski definition) is 7. The van der Waals surface area contributed by atoms with Gasteiger partial charge in [0.15, 0.2) is 0 Å². The van der Waals surface area contributed by atoms with Gasteiger partial charge in [0.1, 0.15) is 5.82 Å². The van der Waals surface area contributed by atoms with E-state index in [2.05, 4.69) is 20.4 Å². The number of carbonyl (C=O) groups is 4. The average molecular weight is 519 g/mol. The fraction of sp³-hybridized carbons (Fsp3) is 0.240. The standard InChI is InChI=1S/C25H23FN8O4/c1-15(35)31(2)34-29-23(28-30-34)17-8-9-19(26)20-18(14-27-21(17)20)22(36)25(38)33-12-10-32(11-13-33)24(37)16-6-4-3-5-7-16/h3-9,14,27H,10-13H2,1-2H3. The van der Waals surface area contributed by atoms with Gasteiger partial charge >= 0.3 is 0 Å². The minimum Gasteiger partial charge on any atom is -0.360 e. The quantitative estimate of drug-likeness (QED) is 0.310. The lowest BCUT2D eigenvalue weighted by atomic mass is 10.0. The van der Waals surface area contributed by atoms with Crippen LogP contribution in [-0.2, 0) is 9.59 Å². The summed E-state index contributed by atoms with van der Waals surface area (Å²) in [5, 5.41) is 13.0. The van der Waals surface area contributed by atoms with Crippen LogP contribution in [0.15, 0.2) is 48.7 Å². The Bertz CT molecular complexity index is 1560. The number of hydrogen-bond donors (Lipinski definition) is 1. The summed E-state index contributed by atoms with van der Waals surface area (Å²) in [6, 6.07) is 11.4. The smallest absolute Gasteiger partial charge is 0.295 e. The van der Waals surface area contributed by atoms with Gasteiger partial charge in [0, 0.05) is 62.9 Å². The molecule has 2 aromatic carbocycles. The van der Waals surface area contributed by atoms with Gasteiger partial charge in [-0.05, 0) is 29.5 Å². The molecule has 1 aliphatic rings. The van der Waals surface area contributed by atoms with E-state index >= 15 is 0 Å². The first kappa shape index (κ1) is 24.7. The molecule has 3 heterocycles. The van der Waals surface area contributed by atoms with Crippen molar-refractivity contribution in [3.63, 3.8) is 0 Å². The first-order chi connectivity index (χ1) is 18.3. The molecule has 0 bridgehead atoms. The molecule has 0 aliphatic carbocycles. The van der Waals surface area contributed by atoms with Gasteiger partial charge < -0.3 is 14.8 Å². The Morgan fingerprint density at radius 2 is 1.66 bits per heavy atom. The number of piperazine rings is 1. The molecule has 194 valence electrons. The maximum absolute atomic E-state index is 14.9. The first-order valence-electron chi connectivity index (χ1n) is 11.8. The summed E-state index contributed by atoms with van der Waals surface area (Å²) >= 11 is 0. The van der Waals surface area contributed by atoms with Crippen LogP contribution < -0.4 is 5.01 Å². The molecule has 0 atom stereocenters. The number of aromatic nitrogens is 5. The predicted octanol–water partition coefficient (Wildman–Crippen LogP) is 1.24. The van der Waals surface area contributed by atoms with Gasteiger partial charge in [0.05, 0.1) is 11.1 Å². The van der Waals surface area contributed by atoms with E-state index in [4.69, 9.17) is 0 Å². The Balaban J connectivity index is 1.35. The average Bonchev–Trinajstić information content (AvgIpc) is 3.61. The highest BCUT2D eigenvalue weighted by Crippen LogP contribution is 2.30. The number of tetrazole rings is 1. The highest BCUT2D eigenvalue weighted by molar-refractivity contribution is 6.45. The zero-order valence-corrected chi connectivity index (χ0v) is 20.6. The number of halogens is 1. The Kier molecular flexibility index (Phi) is 6.41. The number of Topliss-reactive ketones (excluding diaryl/α,β-unsaturated/α-hetero) is 1. The monoisotopic (exact) mass is 518 g/mol. The van der Waals surface area contributed by atoms with Gasteiger partial charge in [-0.2, -0.15) is 0 Å². The molecule has 38 heavy (non-hydrogen) atoms. The fourth-order valence-electron chi connectivity index (χ4n) is 4.28. The number of amides is 3. The van der Waals surface area contributed by atoms with Crippen LogP contribution in [0.2, 0.25) is 0 Å². The second-order valence-corrected chi connectivity index (χ2v) is 8.75. The summed E-state index contributed by atoms with van der Waals surface area (Å²) in [6.45, 7) is 2.23. The summed E-state index contributed by atoms with van der Waals surface area (Å²) in [7, 11) is 1.46. The van der Waals surface area contributed by atoms with Gasteiger partial charge in [-0.3, -0.25) is 19.2 Å². The van der Waals surface area contributed by atoms with Gasteiger partial charge in [0.25, 0.3) is 17.6 Å². The van der Waals surface area contributed by atoms with E-state index < -0.39 is 17.5 Å². The predicted molar refractivity (Wildman–Crippen MR) is 133 cm³/mol. The minimum absolute atomic E-state index is 0.0741. The molecule has 5 rings (SSSR count). The Morgan fingerprint density at radius 3 is 2.34 bits per heavy atom. The van der Waals surface area contributed by atoms with Gasteiger partial charge in [0.2, 0.25) is 11.7 Å². The number of nitrogens with one attached hydrogen (secondary N) is 1. The summed E-state index contributed by atoms with van der Waals surface area (Å²) in [5.41, 5.74) is 0.977. The van der Waals surface area contributed by atoms with Crippen molar-refractivity contribution in [3.8, 4) is 11.4 Å². The number of ketones is 1. The molecule has 1 saturated heterocycles. The molecule has 2 aromatic heterocycles. The lowest BCUT2D eigenvalue weighted by molar-refractivity contribution is -0.127. The molecule has 3 amide bonds. The molecular formula is C25H23FN8O4. The van der Waals surface area contributed by atoms with E-state index in [1.807, 2.05) is 6.07 Å². The number of aromatic amines is 1. The summed E-state index contributed by atoms with van der Waals surface area (Å²) in [5.74, 6) is -2.73. The summed E-state index contributed by atoms with van der Waals surface area (Å²) < 4.78 is 14.9. The van der Waals surface area contributed by atoms with Crippen molar-refractivity contribution < 1.29 is 23.6 Å². The lowest BCUT2D eigenvalue weighted by Gasteiger charge is -2.34. The van der Waals surface area contributed by atoms with Crippen LogP contribution in [-0.4, -0.2) is 91.8 Å². The highest BCUT2D eigenvalue weighted by Gasteiger charge is 2.31. The van der Waals surface area contributed by atoms with Crippen LogP contribution >= 0.6 is 0 Å². The zero-order chi connectivity index (χ0) is 27.0. The third kappa shape index (κ3) is 4.38. The van der Waals surface area contributed by atoms with Crippen molar-refractivity contribution in [3.05, 3.63) is 65.6 Å². The van der Waals surface area contributed by atoms with E-state index in [9.17, 15) is 23.6 Å². The summed E-state index contributed by atoms with van der Waals surface area (Å²) in [6.07, 6.45) is 1.28. The topological polar surface area (TPSA) is 137 Å². The number of carbonyl (C=O) groups excluding carboxylic acids is 4. The van der Waals surface area contributed by atoms with Crippen LogP contribution in [0.3, 0.4) is 0 Å². The molecule has 13 heteroatoms. The Morgan fingerprint density at radius 1 is 0.974 bits per heavy atom. The van der Waals surface area contributed by atoms with Crippen molar-refractivity contribution in [2.75, 3.05) is 38.2 Å². The number of rotatable bonds is 5. The van der Waals surface area contributed by atoms with Crippen LogP contribution in [0.4, 0.5) is 4.39 Å². The molecule has 0 spiro atoms. The van der Waals surface area contributed by atoms with Gasteiger partial charge in [-0.25, -0.2) is 9.40 Å². The van der Waals surface area contributed by atoms with E-state index in [1.54, 1.807) is 29.2 Å². The minimum atomic E-state index is -0.872. The highest BCUT2D eigenvalue weighted by atomic mass is 19.1. The second-order valence-electron chi connectivity index (χ2n) is 8.75. The number of nitrogens with zero attached hydrogens (tertiary/aromatic N) is 7. The van der Waals surface area contributed by atoms with E-state index in [0.717, 1.165) is 16.0 Å². The maximum Gasteiger partial charge on any atom is 0.295 e. The third-order valence-electron chi connectivity index (χ3n) is 6.47. The molecule has 12 nitrogen and oxygen atoms in total. The second kappa shape index (κ2) is 9.84. The third-order valence-corrected chi connectivity index (χ3v) is 6.47. The fourth-order valence-corrected chi connectivity index (χ4v) is 4.28. The maximum atomic E-state index is 14.9. The molecule has 0 unspecified atom stereocenters. The van der Waals surface area contributed by atoms with Crippen LogP contribution in [0.1, 0.15) is 27.6 Å². The van der Waals surface area contributed by atoms with Crippen LogP contribution in [0.5, 0.6) is 0 Å². The Hall–Kier alpha value is -4.94. The van der Waals surface area contributed by atoms with Crippen LogP contribution in [0, 0.1) is 5.82 Å². The number of fused-ring (bicyclic) bond motifs is 1. The Labute approximate surface area is 215 Å². The van der Waals surface area contributed by atoms with E-state index in [-0.39, 0.29) is 60.3 Å². The molecule has 1 aliphatic heterocycles. The van der Waals surface area contributed by atoms with Gasteiger partial charge in [-0.1, -0.05) is 23.1 Å². The normalized spacial score (nSPS) is 13.6. The SMILES string of the molecule is CC(=O)N(C)n1nnc(-c2ccc(F)c3c(C(=O)C(=O)N4CCN(C(=O)c5ccccc5)CC4)c[nH]c23)n1. The molecule has 1 fully saturated rings. The molecular weight excluding hydrogens is 495 g/mol.